The molecule has 0 atom stereocenters. The first-order chi connectivity index (χ1) is 11.3. The summed E-state index contributed by atoms with van der Waals surface area (Å²) in [4.78, 5) is 24.2. The van der Waals surface area contributed by atoms with E-state index in [1.165, 1.54) is 7.11 Å². The number of carbonyl (C=O) groups excluding carboxylic acids is 2. The monoisotopic (exact) mass is 326 g/mol. The summed E-state index contributed by atoms with van der Waals surface area (Å²) in [7, 11) is 1.52. The number of methoxy groups -OCH3 is 1. The van der Waals surface area contributed by atoms with Crippen molar-refractivity contribution in [1.82, 2.24) is 0 Å². The van der Waals surface area contributed by atoms with Crippen molar-refractivity contribution in [2.45, 2.75) is 26.2 Å². The summed E-state index contributed by atoms with van der Waals surface area (Å²) in [5.41, 5.74) is 1.98. The van der Waals surface area contributed by atoms with Gasteiger partial charge >= 0.3 is 11.8 Å². The number of hydrogen-bond acceptors (Lipinski definition) is 3. The number of carbonyl (C=O) groups is 2. The molecule has 2 aromatic rings. The van der Waals surface area contributed by atoms with Crippen LogP contribution in [-0.4, -0.2) is 18.9 Å². The number of amides is 2. The summed E-state index contributed by atoms with van der Waals surface area (Å²) >= 11 is 0. The van der Waals surface area contributed by atoms with Gasteiger partial charge in [0.05, 0.1) is 12.8 Å². The van der Waals surface area contributed by atoms with Crippen molar-refractivity contribution < 1.29 is 14.3 Å². The maximum atomic E-state index is 12.2. The highest BCUT2D eigenvalue weighted by atomic mass is 16.5. The second-order valence-electron chi connectivity index (χ2n) is 6.44. The smallest absolute Gasteiger partial charge is 0.314 e. The molecule has 2 amide bonds. The Morgan fingerprint density at radius 1 is 0.917 bits per heavy atom. The minimum Gasteiger partial charge on any atom is -0.495 e. The fourth-order valence-electron chi connectivity index (χ4n) is 2.16. The lowest BCUT2D eigenvalue weighted by molar-refractivity contribution is -0.133. The van der Waals surface area contributed by atoms with E-state index >= 15 is 0 Å². The maximum Gasteiger partial charge on any atom is 0.314 e. The fourth-order valence-corrected chi connectivity index (χ4v) is 2.16. The zero-order chi connectivity index (χ0) is 17.7. The molecule has 0 aliphatic carbocycles. The number of nitrogens with one attached hydrogen (secondary N) is 2. The highest BCUT2D eigenvalue weighted by Gasteiger charge is 2.19. The standard InChI is InChI=1S/C19H22N2O3/c1-19(2,3)13-10-11-16(24-4)15(12-13)21-18(23)17(22)20-14-8-6-5-7-9-14/h5-12H,1-4H3,(H,20,22)(H,21,23). The van der Waals surface area contributed by atoms with Gasteiger partial charge in [0.1, 0.15) is 5.75 Å². The largest absolute Gasteiger partial charge is 0.495 e. The molecule has 0 saturated heterocycles. The van der Waals surface area contributed by atoms with Gasteiger partial charge in [-0.15, -0.1) is 0 Å². The summed E-state index contributed by atoms with van der Waals surface area (Å²) in [6.45, 7) is 6.22. The first kappa shape index (κ1) is 17.5. The molecular weight excluding hydrogens is 304 g/mol. The summed E-state index contributed by atoms with van der Waals surface area (Å²) < 4.78 is 5.27. The highest BCUT2D eigenvalue weighted by molar-refractivity contribution is 6.43. The third kappa shape index (κ3) is 4.35. The molecule has 0 radical (unpaired) electrons. The van der Waals surface area contributed by atoms with Crippen LogP contribution in [0.15, 0.2) is 48.5 Å². The zero-order valence-corrected chi connectivity index (χ0v) is 14.3. The minimum absolute atomic E-state index is 0.0853. The van der Waals surface area contributed by atoms with Crippen molar-refractivity contribution in [3.05, 3.63) is 54.1 Å². The Bertz CT molecular complexity index is 734. The second-order valence-corrected chi connectivity index (χ2v) is 6.44. The first-order valence-corrected chi connectivity index (χ1v) is 7.67. The third-order valence-electron chi connectivity index (χ3n) is 3.55. The van der Waals surface area contributed by atoms with Gasteiger partial charge in [-0.2, -0.15) is 0 Å². The molecule has 0 bridgehead atoms. The molecule has 126 valence electrons. The molecule has 2 rings (SSSR count). The number of benzene rings is 2. The summed E-state index contributed by atoms with van der Waals surface area (Å²) in [6, 6.07) is 14.4. The fraction of sp³-hybridized carbons (Fsp3) is 0.263. The van der Waals surface area contributed by atoms with E-state index in [0.29, 0.717) is 17.1 Å². The Kier molecular flexibility index (Phi) is 5.24. The van der Waals surface area contributed by atoms with Crippen molar-refractivity contribution in [3.8, 4) is 5.75 Å². The number of hydrogen-bond donors (Lipinski definition) is 2. The van der Waals surface area contributed by atoms with Crippen LogP contribution in [0.4, 0.5) is 11.4 Å². The molecule has 0 saturated carbocycles. The van der Waals surface area contributed by atoms with Gasteiger partial charge in [0, 0.05) is 5.69 Å². The number of ether oxygens (including phenoxy) is 1. The summed E-state index contributed by atoms with van der Waals surface area (Å²) in [5, 5.41) is 5.17. The van der Waals surface area contributed by atoms with Gasteiger partial charge in [0.2, 0.25) is 0 Å². The van der Waals surface area contributed by atoms with Crippen LogP contribution >= 0.6 is 0 Å². The van der Waals surface area contributed by atoms with Gasteiger partial charge < -0.3 is 15.4 Å². The van der Waals surface area contributed by atoms with E-state index in [1.54, 1.807) is 30.3 Å². The Labute approximate surface area is 142 Å². The molecule has 5 heteroatoms. The molecule has 2 N–H and O–H groups in total. The molecule has 0 aliphatic rings. The van der Waals surface area contributed by atoms with Gasteiger partial charge in [-0.3, -0.25) is 9.59 Å². The Balaban J connectivity index is 2.17. The van der Waals surface area contributed by atoms with Crippen molar-refractivity contribution in [2.75, 3.05) is 17.7 Å². The summed E-state index contributed by atoms with van der Waals surface area (Å²) in [6.07, 6.45) is 0. The Morgan fingerprint density at radius 2 is 1.54 bits per heavy atom. The van der Waals surface area contributed by atoms with E-state index in [0.717, 1.165) is 5.56 Å². The molecule has 5 nitrogen and oxygen atoms in total. The average Bonchev–Trinajstić information content (AvgIpc) is 2.54. The minimum atomic E-state index is -0.747. The lowest BCUT2D eigenvalue weighted by atomic mass is 9.87. The predicted octanol–water partition coefficient (Wildman–Crippen LogP) is 3.57. The maximum absolute atomic E-state index is 12.2. The highest BCUT2D eigenvalue weighted by Crippen LogP contribution is 2.31. The quantitative estimate of drug-likeness (QED) is 0.847. The zero-order valence-electron chi connectivity index (χ0n) is 14.3. The van der Waals surface area contributed by atoms with Gasteiger partial charge in [-0.1, -0.05) is 45.0 Å². The van der Waals surface area contributed by atoms with Crippen LogP contribution in [0.2, 0.25) is 0 Å². The van der Waals surface area contributed by atoms with Crippen LogP contribution in [0.25, 0.3) is 0 Å². The van der Waals surface area contributed by atoms with E-state index in [9.17, 15) is 9.59 Å². The molecule has 0 aliphatic heterocycles. The molecule has 0 spiro atoms. The molecule has 0 heterocycles. The number of rotatable bonds is 3. The van der Waals surface area contributed by atoms with E-state index < -0.39 is 11.8 Å². The Morgan fingerprint density at radius 3 is 2.12 bits per heavy atom. The van der Waals surface area contributed by atoms with Crippen molar-refractivity contribution in [3.63, 3.8) is 0 Å². The van der Waals surface area contributed by atoms with Crippen LogP contribution in [0.1, 0.15) is 26.3 Å². The molecule has 24 heavy (non-hydrogen) atoms. The van der Waals surface area contributed by atoms with Gasteiger partial charge in [-0.05, 0) is 35.2 Å². The lowest BCUT2D eigenvalue weighted by Crippen LogP contribution is -2.29. The average molecular weight is 326 g/mol. The van der Waals surface area contributed by atoms with Gasteiger partial charge in [-0.25, -0.2) is 0 Å². The van der Waals surface area contributed by atoms with Crippen molar-refractivity contribution in [1.29, 1.82) is 0 Å². The normalized spacial score (nSPS) is 10.8. The molecular formula is C19H22N2O3. The van der Waals surface area contributed by atoms with Gasteiger partial charge in [0.25, 0.3) is 0 Å². The third-order valence-corrected chi connectivity index (χ3v) is 3.55. The molecule has 0 aromatic heterocycles. The van der Waals surface area contributed by atoms with E-state index in [4.69, 9.17) is 4.74 Å². The van der Waals surface area contributed by atoms with Crippen molar-refractivity contribution in [2.24, 2.45) is 0 Å². The molecule has 0 unspecified atom stereocenters. The van der Waals surface area contributed by atoms with E-state index in [-0.39, 0.29) is 5.41 Å². The molecule has 0 fully saturated rings. The van der Waals surface area contributed by atoms with E-state index in [1.807, 2.05) is 18.2 Å². The number of para-hydroxylation sites is 1. The summed E-state index contributed by atoms with van der Waals surface area (Å²) in [5.74, 6) is -0.975. The SMILES string of the molecule is COc1ccc(C(C)(C)C)cc1NC(=O)C(=O)Nc1ccccc1. The molecule has 2 aromatic carbocycles. The lowest BCUT2D eigenvalue weighted by Gasteiger charge is -2.21. The Hall–Kier alpha value is -2.82. The topological polar surface area (TPSA) is 67.4 Å². The van der Waals surface area contributed by atoms with E-state index in [2.05, 4.69) is 31.4 Å². The van der Waals surface area contributed by atoms with Crippen molar-refractivity contribution >= 4 is 23.2 Å². The van der Waals surface area contributed by atoms with Crippen LogP contribution in [0.3, 0.4) is 0 Å². The predicted molar refractivity (Wildman–Crippen MR) is 95.4 cm³/mol. The van der Waals surface area contributed by atoms with Crippen LogP contribution in [0, 0.1) is 0 Å². The number of anilines is 2. The second kappa shape index (κ2) is 7.17. The first-order valence-electron chi connectivity index (χ1n) is 7.67. The van der Waals surface area contributed by atoms with Gasteiger partial charge in [0.15, 0.2) is 0 Å². The van der Waals surface area contributed by atoms with Crippen LogP contribution in [-0.2, 0) is 15.0 Å². The van der Waals surface area contributed by atoms with Crippen LogP contribution < -0.4 is 15.4 Å². The van der Waals surface area contributed by atoms with Crippen LogP contribution in [0.5, 0.6) is 5.75 Å².